The molecule has 6 heteroatoms. The van der Waals surface area contributed by atoms with Gasteiger partial charge in [-0.3, -0.25) is 9.63 Å². The smallest absolute Gasteiger partial charge is 0.332 e. The number of aryl methyl sites for hydroxylation is 1. The maximum Gasteiger partial charge on any atom is 0.332 e. The highest BCUT2D eigenvalue weighted by Crippen LogP contribution is 2.20. The van der Waals surface area contributed by atoms with Gasteiger partial charge in [0.25, 0.3) is 5.91 Å². The van der Waals surface area contributed by atoms with Crippen LogP contribution in [-0.4, -0.2) is 23.6 Å². The van der Waals surface area contributed by atoms with Crippen LogP contribution < -0.4 is 5.48 Å². The minimum Gasteiger partial charge on any atom is -0.479 e. The van der Waals surface area contributed by atoms with Crippen molar-refractivity contribution in [2.75, 3.05) is 6.61 Å². The molecule has 1 rings (SSSR count). The molecule has 0 aliphatic carbocycles. The van der Waals surface area contributed by atoms with Crippen molar-refractivity contribution >= 4 is 27.8 Å². The normalized spacial score (nSPS) is 9.88. The average molecular weight is 288 g/mol. The van der Waals surface area contributed by atoms with Gasteiger partial charge in [0.2, 0.25) is 0 Å². The van der Waals surface area contributed by atoms with E-state index in [9.17, 15) is 9.59 Å². The number of carboxylic acids is 1. The van der Waals surface area contributed by atoms with Gasteiger partial charge in [-0.05, 0) is 34.5 Å². The molecular weight excluding hydrogens is 278 g/mol. The van der Waals surface area contributed by atoms with E-state index in [2.05, 4.69) is 20.8 Å². The summed E-state index contributed by atoms with van der Waals surface area (Å²) in [6, 6.07) is 5.18. The fourth-order valence-electron chi connectivity index (χ4n) is 1.04. The van der Waals surface area contributed by atoms with E-state index >= 15 is 0 Å². The van der Waals surface area contributed by atoms with E-state index in [1.54, 1.807) is 12.1 Å². The first kappa shape index (κ1) is 12.7. The Hall–Kier alpha value is -1.40. The maximum absolute atomic E-state index is 11.5. The largest absolute Gasteiger partial charge is 0.479 e. The van der Waals surface area contributed by atoms with Gasteiger partial charge in [0.1, 0.15) is 0 Å². The minimum absolute atomic E-state index is 0.394. The van der Waals surface area contributed by atoms with Crippen LogP contribution in [0.5, 0.6) is 0 Å². The number of amides is 1. The Balaban J connectivity index is 2.66. The number of hydrogen-bond donors (Lipinski definition) is 2. The number of rotatable bonds is 4. The highest BCUT2D eigenvalue weighted by Gasteiger charge is 2.11. The molecule has 1 aromatic carbocycles. The molecule has 0 unspecified atom stereocenters. The van der Waals surface area contributed by atoms with Crippen LogP contribution in [0, 0.1) is 6.92 Å². The van der Waals surface area contributed by atoms with Crippen molar-refractivity contribution in [1.82, 2.24) is 5.48 Å². The molecular formula is C10H10BrNO4. The first-order chi connectivity index (χ1) is 7.52. The van der Waals surface area contributed by atoms with Crippen LogP contribution in [0.1, 0.15) is 15.9 Å². The van der Waals surface area contributed by atoms with E-state index in [1.165, 1.54) is 0 Å². The van der Waals surface area contributed by atoms with Crippen molar-refractivity contribution in [2.24, 2.45) is 0 Å². The van der Waals surface area contributed by atoms with Crippen molar-refractivity contribution in [2.45, 2.75) is 6.92 Å². The van der Waals surface area contributed by atoms with Gasteiger partial charge in [-0.2, -0.15) is 0 Å². The lowest BCUT2D eigenvalue weighted by molar-refractivity contribution is -0.144. The Bertz CT molecular complexity index is 419. The third kappa shape index (κ3) is 3.32. The summed E-state index contributed by atoms with van der Waals surface area (Å²) in [6.45, 7) is 1.27. The maximum atomic E-state index is 11.5. The lowest BCUT2D eigenvalue weighted by Gasteiger charge is -2.07. The van der Waals surface area contributed by atoms with Crippen molar-refractivity contribution in [3.63, 3.8) is 0 Å². The third-order valence-electron chi connectivity index (χ3n) is 1.80. The van der Waals surface area contributed by atoms with Gasteiger partial charge >= 0.3 is 5.97 Å². The fourth-order valence-corrected chi connectivity index (χ4v) is 1.49. The van der Waals surface area contributed by atoms with Gasteiger partial charge in [-0.1, -0.05) is 12.1 Å². The summed E-state index contributed by atoms with van der Waals surface area (Å²) in [5, 5.41) is 8.31. The number of halogens is 1. The van der Waals surface area contributed by atoms with E-state index in [0.717, 1.165) is 5.56 Å². The number of aliphatic carboxylic acids is 1. The Labute approximate surface area is 100 Å². The molecule has 0 saturated heterocycles. The molecule has 0 radical (unpaired) electrons. The predicted octanol–water partition coefficient (Wildman–Crippen LogP) is 1.50. The molecule has 0 aliphatic rings. The first-order valence-electron chi connectivity index (χ1n) is 4.41. The zero-order chi connectivity index (χ0) is 12.1. The summed E-state index contributed by atoms with van der Waals surface area (Å²) in [6.07, 6.45) is 0. The summed E-state index contributed by atoms with van der Waals surface area (Å²) in [5.41, 5.74) is 3.35. The van der Waals surface area contributed by atoms with Crippen LogP contribution in [0.25, 0.3) is 0 Å². The number of hydrogen-bond acceptors (Lipinski definition) is 3. The second-order valence-corrected chi connectivity index (χ2v) is 3.84. The molecule has 86 valence electrons. The quantitative estimate of drug-likeness (QED) is 0.823. The molecule has 0 atom stereocenters. The first-order valence-corrected chi connectivity index (χ1v) is 5.20. The summed E-state index contributed by atoms with van der Waals surface area (Å²) in [4.78, 5) is 26.2. The number of nitrogens with one attached hydrogen (secondary N) is 1. The Kier molecular flexibility index (Phi) is 4.45. The van der Waals surface area contributed by atoms with Crippen molar-refractivity contribution < 1.29 is 19.5 Å². The Morgan fingerprint density at radius 3 is 2.81 bits per heavy atom. The molecule has 0 fully saturated rings. The molecule has 0 spiro atoms. The number of hydroxylamine groups is 1. The second kappa shape index (κ2) is 5.62. The third-order valence-corrected chi connectivity index (χ3v) is 2.85. The Morgan fingerprint density at radius 1 is 1.50 bits per heavy atom. The zero-order valence-corrected chi connectivity index (χ0v) is 10.1. The van der Waals surface area contributed by atoms with E-state index in [1.807, 2.05) is 18.5 Å². The Morgan fingerprint density at radius 2 is 2.19 bits per heavy atom. The van der Waals surface area contributed by atoms with Gasteiger partial charge in [-0.25, -0.2) is 10.3 Å². The summed E-state index contributed by atoms with van der Waals surface area (Å²) in [7, 11) is 0. The molecule has 16 heavy (non-hydrogen) atoms. The van der Waals surface area contributed by atoms with Crippen LogP contribution in [0.3, 0.4) is 0 Å². The molecule has 0 aliphatic heterocycles. The van der Waals surface area contributed by atoms with E-state index in [0.29, 0.717) is 10.0 Å². The SMILES string of the molecule is Cc1cccc(C(=O)NOCC(=O)O)c1Br. The molecule has 1 amide bonds. The number of carbonyl (C=O) groups is 2. The van der Waals surface area contributed by atoms with E-state index < -0.39 is 18.5 Å². The van der Waals surface area contributed by atoms with Gasteiger partial charge in [0.15, 0.2) is 6.61 Å². The van der Waals surface area contributed by atoms with Crippen molar-refractivity contribution in [3.8, 4) is 0 Å². The zero-order valence-electron chi connectivity index (χ0n) is 8.49. The average Bonchev–Trinajstić information content (AvgIpc) is 2.21. The van der Waals surface area contributed by atoms with Crippen molar-refractivity contribution in [1.29, 1.82) is 0 Å². The standard InChI is InChI=1S/C10H10BrNO4/c1-6-3-2-4-7(9(6)11)10(15)12-16-5-8(13)14/h2-4H,5H2,1H3,(H,12,15)(H,13,14). The molecule has 0 bridgehead atoms. The topological polar surface area (TPSA) is 75.6 Å². The molecule has 0 heterocycles. The highest BCUT2D eigenvalue weighted by atomic mass is 79.9. The van der Waals surface area contributed by atoms with E-state index in [-0.39, 0.29) is 0 Å². The molecule has 0 aromatic heterocycles. The van der Waals surface area contributed by atoms with Crippen LogP contribution in [0.4, 0.5) is 0 Å². The highest BCUT2D eigenvalue weighted by molar-refractivity contribution is 9.10. The second-order valence-electron chi connectivity index (χ2n) is 3.05. The summed E-state index contributed by atoms with van der Waals surface area (Å²) < 4.78 is 0.659. The molecule has 2 N–H and O–H groups in total. The van der Waals surface area contributed by atoms with Crippen LogP contribution in [0.15, 0.2) is 22.7 Å². The number of carbonyl (C=O) groups excluding carboxylic acids is 1. The number of carboxylic acid groups (broad SMARTS) is 1. The molecule has 5 nitrogen and oxygen atoms in total. The van der Waals surface area contributed by atoms with Crippen molar-refractivity contribution in [3.05, 3.63) is 33.8 Å². The molecule has 0 saturated carbocycles. The minimum atomic E-state index is -1.15. The monoisotopic (exact) mass is 287 g/mol. The molecule has 1 aromatic rings. The van der Waals surface area contributed by atoms with Crippen LogP contribution >= 0.6 is 15.9 Å². The number of benzene rings is 1. The summed E-state index contributed by atoms with van der Waals surface area (Å²) >= 11 is 3.27. The lowest BCUT2D eigenvalue weighted by atomic mass is 10.1. The van der Waals surface area contributed by atoms with Gasteiger partial charge in [-0.15, -0.1) is 0 Å². The fraction of sp³-hybridized carbons (Fsp3) is 0.200. The summed E-state index contributed by atoms with van der Waals surface area (Å²) in [5.74, 6) is -1.64. The predicted molar refractivity (Wildman–Crippen MR) is 59.9 cm³/mol. The lowest BCUT2D eigenvalue weighted by Crippen LogP contribution is -2.27. The van der Waals surface area contributed by atoms with E-state index in [4.69, 9.17) is 5.11 Å². The van der Waals surface area contributed by atoms with Crippen LogP contribution in [0.2, 0.25) is 0 Å². The van der Waals surface area contributed by atoms with Gasteiger partial charge in [0, 0.05) is 4.47 Å². The van der Waals surface area contributed by atoms with Gasteiger partial charge < -0.3 is 5.11 Å². The van der Waals surface area contributed by atoms with Gasteiger partial charge in [0.05, 0.1) is 5.56 Å². The van der Waals surface area contributed by atoms with Crippen LogP contribution in [-0.2, 0) is 9.63 Å².